The average molecular weight is 473 g/mol. The number of rotatable bonds is 6. The number of benzene rings is 1. The van der Waals surface area contributed by atoms with Crippen LogP contribution in [0.25, 0.3) is 0 Å². The van der Waals surface area contributed by atoms with Crippen molar-refractivity contribution in [3.8, 4) is 0 Å². The number of hydrogen-bond acceptors (Lipinski definition) is 4. The molecule has 0 bridgehead atoms. The number of aromatic nitrogens is 1. The van der Waals surface area contributed by atoms with Gasteiger partial charge in [0, 0.05) is 51.9 Å². The Labute approximate surface area is 195 Å². The molecule has 3 heterocycles. The smallest absolute Gasteiger partial charge is 0.270 e. The van der Waals surface area contributed by atoms with Gasteiger partial charge >= 0.3 is 0 Å². The van der Waals surface area contributed by atoms with Gasteiger partial charge in [-0.25, -0.2) is 8.42 Å². The number of aryl methyl sites for hydroxylation is 2. The molecule has 0 atom stereocenters. The lowest BCUT2D eigenvalue weighted by atomic mass is 9.97. The topological polar surface area (TPSA) is 91.7 Å². The van der Waals surface area contributed by atoms with Crippen molar-refractivity contribution < 1.29 is 18.0 Å². The molecule has 2 aliphatic rings. The maximum absolute atomic E-state index is 13.2. The molecule has 1 aromatic carbocycles. The number of carbonyl (C=O) groups is 2. The predicted molar refractivity (Wildman–Crippen MR) is 125 cm³/mol. The summed E-state index contributed by atoms with van der Waals surface area (Å²) in [5, 5.41) is 2.97. The van der Waals surface area contributed by atoms with Crippen LogP contribution in [0.1, 0.15) is 47.3 Å². The molecule has 0 unspecified atom stereocenters. The zero-order chi connectivity index (χ0) is 23.6. The van der Waals surface area contributed by atoms with E-state index in [2.05, 4.69) is 5.32 Å². The van der Waals surface area contributed by atoms with E-state index < -0.39 is 10.0 Å². The van der Waals surface area contributed by atoms with Gasteiger partial charge in [-0.2, -0.15) is 4.31 Å². The van der Waals surface area contributed by atoms with Gasteiger partial charge in [-0.05, 0) is 44.2 Å². The number of likely N-dealkylation sites (tertiary alicyclic amines) is 1. The number of sulfonamides is 1. The fourth-order valence-corrected chi connectivity index (χ4v) is 6.06. The minimum atomic E-state index is -3.72. The van der Waals surface area contributed by atoms with Gasteiger partial charge in [0.15, 0.2) is 0 Å². The van der Waals surface area contributed by atoms with E-state index in [1.165, 1.54) is 22.1 Å². The minimum absolute atomic E-state index is 0.0363. The van der Waals surface area contributed by atoms with Gasteiger partial charge in [-0.15, -0.1) is 0 Å². The molecule has 2 amide bonds. The zero-order valence-electron chi connectivity index (χ0n) is 19.3. The number of nitrogens with zero attached hydrogens (tertiary/aromatic N) is 3. The molecule has 9 heteroatoms. The van der Waals surface area contributed by atoms with Gasteiger partial charge < -0.3 is 14.8 Å². The third-order valence-electron chi connectivity index (χ3n) is 6.64. The van der Waals surface area contributed by atoms with Gasteiger partial charge in [0.05, 0.1) is 0 Å². The van der Waals surface area contributed by atoms with E-state index in [-0.39, 0.29) is 35.7 Å². The van der Waals surface area contributed by atoms with E-state index in [1.54, 1.807) is 16.5 Å². The lowest BCUT2D eigenvalue weighted by molar-refractivity contribution is -0.126. The molecule has 2 aliphatic heterocycles. The van der Waals surface area contributed by atoms with Crippen LogP contribution in [0.5, 0.6) is 0 Å². The SMILES string of the molecule is Cc1ccc(CNC(=O)C2CCN(S(=O)(=O)c3cc(C(=O)N4CCCC4)n(C)c3)CC2)cc1. The average Bonchev–Trinajstić information content (AvgIpc) is 3.48. The third-order valence-corrected chi connectivity index (χ3v) is 8.51. The summed E-state index contributed by atoms with van der Waals surface area (Å²) in [5.74, 6) is -0.365. The molecule has 0 saturated carbocycles. The van der Waals surface area contributed by atoms with Crippen LogP contribution < -0.4 is 5.32 Å². The number of hydrogen-bond donors (Lipinski definition) is 1. The molecule has 2 saturated heterocycles. The van der Waals surface area contributed by atoms with Gasteiger partial charge in [0.25, 0.3) is 5.91 Å². The van der Waals surface area contributed by atoms with Crippen LogP contribution >= 0.6 is 0 Å². The van der Waals surface area contributed by atoms with Crippen molar-refractivity contribution in [1.82, 2.24) is 19.1 Å². The minimum Gasteiger partial charge on any atom is -0.352 e. The highest BCUT2D eigenvalue weighted by Gasteiger charge is 2.34. The quantitative estimate of drug-likeness (QED) is 0.698. The van der Waals surface area contributed by atoms with Gasteiger partial charge in [0.2, 0.25) is 15.9 Å². The Balaban J connectivity index is 1.35. The summed E-state index contributed by atoms with van der Waals surface area (Å²) in [6.45, 7) is 4.49. The Hall–Kier alpha value is -2.65. The fraction of sp³-hybridized carbons (Fsp3) is 0.500. The second-order valence-electron chi connectivity index (χ2n) is 9.05. The van der Waals surface area contributed by atoms with E-state index >= 15 is 0 Å². The van der Waals surface area contributed by atoms with Gasteiger partial charge in [0.1, 0.15) is 10.6 Å². The first-order valence-electron chi connectivity index (χ1n) is 11.5. The second-order valence-corrected chi connectivity index (χ2v) is 11.0. The molecule has 0 radical (unpaired) electrons. The first kappa shape index (κ1) is 23.5. The summed E-state index contributed by atoms with van der Waals surface area (Å²) >= 11 is 0. The van der Waals surface area contributed by atoms with Gasteiger partial charge in [-0.3, -0.25) is 9.59 Å². The lowest BCUT2D eigenvalue weighted by Crippen LogP contribution is -2.42. The van der Waals surface area contributed by atoms with Crippen LogP contribution in [0, 0.1) is 12.8 Å². The van der Waals surface area contributed by atoms with Crippen molar-refractivity contribution in [2.45, 2.75) is 44.0 Å². The van der Waals surface area contributed by atoms with Crippen molar-refractivity contribution in [2.75, 3.05) is 26.2 Å². The first-order chi connectivity index (χ1) is 15.8. The normalized spacial score (nSPS) is 17.9. The van der Waals surface area contributed by atoms with E-state index in [9.17, 15) is 18.0 Å². The largest absolute Gasteiger partial charge is 0.352 e. The predicted octanol–water partition coefficient (Wildman–Crippen LogP) is 2.29. The maximum Gasteiger partial charge on any atom is 0.270 e. The van der Waals surface area contributed by atoms with Crippen molar-refractivity contribution in [3.63, 3.8) is 0 Å². The third kappa shape index (κ3) is 5.14. The van der Waals surface area contributed by atoms with Crippen molar-refractivity contribution >= 4 is 21.8 Å². The van der Waals surface area contributed by atoms with E-state index in [4.69, 9.17) is 0 Å². The zero-order valence-corrected chi connectivity index (χ0v) is 20.1. The summed E-state index contributed by atoms with van der Waals surface area (Å²) in [7, 11) is -2.02. The van der Waals surface area contributed by atoms with Crippen molar-refractivity contribution in [2.24, 2.45) is 13.0 Å². The number of amides is 2. The molecular weight excluding hydrogens is 440 g/mol. The van der Waals surface area contributed by atoms with Crippen LogP contribution in [0.4, 0.5) is 0 Å². The molecule has 178 valence electrons. The molecule has 0 spiro atoms. The maximum atomic E-state index is 13.2. The lowest BCUT2D eigenvalue weighted by Gasteiger charge is -2.30. The summed E-state index contributed by atoms with van der Waals surface area (Å²) in [6.07, 6.45) is 4.43. The summed E-state index contributed by atoms with van der Waals surface area (Å²) in [5.41, 5.74) is 2.60. The molecule has 8 nitrogen and oxygen atoms in total. The Morgan fingerprint density at radius 3 is 2.30 bits per heavy atom. The number of nitrogens with one attached hydrogen (secondary N) is 1. The summed E-state index contributed by atoms with van der Waals surface area (Å²) in [6, 6.07) is 9.49. The van der Waals surface area contributed by atoms with Crippen LogP contribution in [0.2, 0.25) is 0 Å². The Morgan fingerprint density at radius 1 is 1.03 bits per heavy atom. The molecule has 1 aromatic heterocycles. The fourth-order valence-electron chi connectivity index (χ4n) is 4.52. The van der Waals surface area contributed by atoms with E-state index in [0.717, 1.165) is 18.4 Å². The standard InChI is InChI=1S/C24H32N4O4S/c1-18-5-7-19(8-6-18)16-25-23(29)20-9-13-28(14-10-20)33(31,32)21-15-22(26(2)17-21)24(30)27-11-3-4-12-27/h5-8,15,17,20H,3-4,9-14,16H2,1-2H3,(H,25,29). The van der Waals surface area contributed by atoms with Crippen LogP contribution in [0.3, 0.4) is 0 Å². The van der Waals surface area contributed by atoms with Crippen molar-refractivity contribution in [3.05, 3.63) is 53.3 Å². The Kier molecular flexibility index (Phi) is 6.90. The van der Waals surface area contributed by atoms with E-state index in [0.29, 0.717) is 38.2 Å². The van der Waals surface area contributed by atoms with Crippen LogP contribution in [-0.2, 0) is 28.4 Å². The number of carbonyl (C=O) groups excluding carboxylic acids is 2. The van der Waals surface area contributed by atoms with Gasteiger partial charge in [-0.1, -0.05) is 29.8 Å². The molecule has 0 aliphatic carbocycles. The van der Waals surface area contributed by atoms with Crippen LogP contribution in [-0.4, -0.2) is 60.2 Å². The highest BCUT2D eigenvalue weighted by atomic mass is 32.2. The summed E-state index contributed by atoms with van der Waals surface area (Å²) < 4.78 is 29.4. The Bertz CT molecular complexity index is 1110. The van der Waals surface area contributed by atoms with Crippen LogP contribution in [0.15, 0.2) is 41.4 Å². The Morgan fingerprint density at radius 2 is 1.67 bits per heavy atom. The van der Waals surface area contributed by atoms with Crippen molar-refractivity contribution in [1.29, 1.82) is 0 Å². The molecule has 33 heavy (non-hydrogen) atoms. The molecular formula is C24H32N4O4S. The highest BCUT2D eigenvalue weighted by Crippen LogP contribution is 2.26. The monoisotopic (exact) mass is 472 g/mol. The molecule has 2 aromatic rings. The van der Waals surface area contributed by atoms with E-state index in [1.807, 2.05) is 31.2 Å². The second kappa shape index (κ2) is 9.69. The first-order valence-corrected chi connectivity index (χ1v) is 13.0. The molecule has 4 rings (SSSR count). The highest BCUT2D eigenvalue weighted by molar-refractivity contribution is 7.89. The molecule has 2 fully saturated rings. The summed E-state index contributed by atoms with van der Waals surface area (Å²) in [4.78, 5) is 27.2. The molecule has 1 N–H and O–H groups in total. The number of piperidine rings is 1.